The molecule has 5 aromatic heterocycles. The third kappa shape index (κ3) is 5.78. The van der Waals surface area contributed by atoms with Gasteiger partial charge in [0.2, 0.25) is 0 Å². The van der Waals surface area contributed by atoms with Gasteiger partial charge < -0.3 is 0 Å². The summed E-state index contributed by atoms with van der Waals surface area (Å²) in [5.74, 6) is -3.57. The lowest BCUT2D eigenvalue weighted by atomic mass is 9.97. The standard InChI is InChI=1S/C49H25F4N7/c50-37-22-31(23-38(51)41(37)33-15-19-56-45-35(33)13-11-27-7-3-17-54-43(27)45)48-58-47(30-10-9-26-5-1-2-6-29(26)21-30)59-49(60-48)32-24-39(52)42(40(53)25-32)34-16-20-57-46-36(34)14-12-28-8-4-18-55-44(28)46/h1-25H. The summed E-state index contributed by atoms with van der Waals surface area (Å²) in [6.45, 7) is 0. The van der Waals surface area contributed by atoms with Crippen LogP contribution in [-0.2, 0) is 0 Å². The Morgan fingerprint density at radius 1 is 0.317 bits per heavy atom. The molecule has 6 aromatic carbocycles. The van der Waals surface area contributed by atoms with E-state index < -0.39 is 23.3 Å². The van der Waals surface area contributed by atoms with Gasteiger partial charge in [-0.05, 0) is 76.5 Å². The van der Waals surface area contributed by atoms with Gasteiger partial charge in [0.15, 0.2) is 17.5 Å². The van der Waals surface area contributed by atoms with Crippen LogP contribution in [0.2, 0.25) is 0 Å². The predicted octanol–water partition coefficient (Wildman–Crippen LogP) is 12.1. The molecule has 0 bridgehead atoms. The zero-order chi connectivity index (χ0) is 40.5. The number of nitrogens with zero attached hydrogens (tertiary/aromatic N) is 7. The van der Waals surface area contributed by atoms with Crippen molar-refractivity contribution in [2.75, 3.05) is 0 Å². The molecule has 0 aliphatic heterocycles. The van der Waals surface area contributed by atoms with E-state index in [0.29, 0.717) is 49.5 Å². The fraction of sp³-hybridized carbons (Fsp3) is 0. The quantitative estimate of drug-likeness (QED) is 0.127. The number of halogens is 4. The second-order valence-corrected chi connectivity index (χ2v) is 14.3. The Morgan fingerprint density at radius 2 is 0.733 bits per heavy atom. The van der Waals surface area contributed by atoms with Crippen molar-refractivity contribution in [2.45, 2.75) is 0 Å². The summed E-state index contributed by atoms with van der Waals surface area (Å²) in [5.41, 5.74) is 2.81. The predicted molar refractivity (Wildman–Crippen MR) is 226 cm³/mol. The SMILES string of the molecule is Fc1cc(-c2nc(-c3cc(F)c(-c4ccnc5c4ccc4cccnc45)c(F)c3)nc(-c3ccc4ccccc4c3)n2)cc(F)c1-c1ccnc2c1ccc1cccnc12. The van der Waals surface area contributed by atoms with Crippen LogP contribution < -0.4 is 0 Å². The maximum absolute atomic E-state index is 16.4. The Balaban J connectivity index is 1.06. The average Bonchev–Trinajstić information content (AvgIpc) is 3.28. The van der Waals surface area contributed by atoms with Crippen LogP contribution in [0.3, 0.4) is 0 Å². The Hall–Kier alpha value is -8.05. The molecule has 60 heavy (non-hydrogen) atoms. The molecule has 284 valence electrons. The zero-order valence-corrected chi connectivity index (χ0v) is 31.1. The highest BCUT2D eigenvalue weighted by Gasteiger charge is 2.23. The Labute approximate surface area is 337 Å². The molecule has 0 aliphatic rings. The monoisotopic (exact) mass is 787 g/mol. The molecule has 0 N–H and O–H groups in total. The van der Waals surface area contributed by atoms with Crippen molar-refractivity contribution in [3.8, 4) is 56.4 Å². The van der Waals surface area contributed by atoms with E-state index in [1.807, 2.05) is 60.7 Å². The van der Waals surface area contributed by atoms with Crippen molar-refractivity contribution >= 4 is 54.4 Å². The molecule has 11 rings (SSSR count). The van der Waals surface area contributed by atoms with E-state index in [0.717, 1.165) is 45.8 Å². The van der Waals surface area contributed by atoms with Crippen LogP contribution in [0, 0.1) is 23.3 Å². The highest BCUT2D eigenvalue weighted by molar-refractivity contribution is 6.09. The van der Waals surface area contributed by atoms with Crippen molar-refractivity contribution in [1.82, 2.24) is 34.9 Å². The first kappa shape index (κ1) is 35.1. The molecule has 0 unspecified atom stereocenters. The van der Waals surface area contributed by atoms with Crippen molar-refractivity contribution in [1.29, 1.82) is 0 Å². The second kappa shape index (κ2) is 13.8. The van der Waals surface area contributed by atoms with E-state index in [9.17, 15) is 0 Å². The minimum atomic E-state index is -0.873. The Kier molecular flexibility index (Phi) is 8.09. The molecule has 0 saturated heterocycles. The first-order valence-electron chi connectivity index (χ1n) is 18.9. The summed E-state index contributed by atoms with van der Waals surface area (Å²) in [6, 6.07) is 35.5. The molecule has 7 nitrogen and oxygen atoms in total. The van der Waals surface area contributed by atoms with Gasteiger partial charge in [-0.3, -0.25) is 19.9 Å². The van der Waals surface area contributed by atoms with Gasteiger partial charge in [-0.25, -0.2) is 32.5 Å². The number of pyridine rings is 4. The zero-order valence-electron chi connectivity index (χ0n) is 31.1. The highest BCUT2D eigenvalue weighted by atomic mass is 19.1. The van der Waals surface area contributed by atoms with Gasteiger partial charge >= 0.3 is 0 Å². The van der Waals surface area contributed by atoms with Crippen LogP contribution >= 0.6 is 0 Å². The first-order valence-corrected chi connectivity index (χ1v) is 18.9. The summed E-state index contributed by atoms with van der Waals surface area (Å²) < 4.78 is 65.6. The van der Waals surface area contributed by atoms with Crippen LogP contribution in [0.5, 0.6) is 0 Å². The molecule has 0 amide bonds. The number of fused-ring (bicyclic) bond motifs is 7. The molecule has 0 fully saturated rings. The molecule has 0 spiro atoms. The summed E-state index contributed by atoms with van der Waals surface area (Å²) in [5, 5.41) is 4.58. The van der Waals surface area contributed by atoms with Gasteiger partial charge in [-0.15, -0.1) is 0 Å². The fourth-order valence-electron chi connectivity index (χ4n) is 7.95. The molecule has 0 saturated carbocycles. The number of benzene rings is 6. The fourth-order valence-corrected chi connectivity index (χ4v) is 7.95. The van der Waals surface area contributed by atoms with Crippen LogP contribution in [0.4, 0.5) is 17.6 Å². The van der Waals surface area contributed by atoms with Gasteiger partial charge in [0, 0.05) is 63.0 Å². The summed E-state index contributed by atoms with van der Waals surface area (Å²) >= 11 is 0. The van der Waals surface area contributed by atoms with E-state index >= 15 is 17.6 Å². The van der Waals surface area contributed by atoms with Gasteiger partial charge in [0.25, 0.3) is 0 Å². The second-order valence-electron chi connectivity index (χ2n) is 14.3. The number of hydrogen-bond acceptors (Lipinski definition) is 7. The molecule has 11 heteroatoms. The van der Waals surface area contributed by atoms with Crippen molar-refractivity contribution in [2.24, 2.45) is 0 Å². The number of rotatable bonds is 5. The highest BCUT2D eigenvalue weighted by Crippen LogP contribution is 2.39. The van der Waals surface area contributed by atoms with Gasteiger partial charge in [0.1, 0.15) is 23.3 Å². The van der Waals surface area contributed by atoms with Gasteiger partial charge in [-0.1, -0.05) is 72.8 Å². The minimum Gasteiger partial charge on any atom is -0.254 e. The van der Waals surface area contributed by atoms with E-state index in [-0.39, 0.29) is 39.7 Å². The molecule has 11 aromatic rings. The summed E-state index contributed by atoms with van der Waals surface area (Å²) in [6.07, 6.45) is 6.26. The third-order valence-corrected chi connectivity index (χ3v) is 10.7. The molecule has 0 aliphatic carbocycles. The number of aromatic nitrogens is 7. The molecule has 0 radical (unpaired) electrons. The lowest BCUT2D eigenvalue weighted by molar-refractivity contribution is 0.590. The molecule has 5 heterocycles. The minimum absolute atomic E-state index is 0.00780. The van der Waals surface area contributed by atoms with Gasteiger partial charge in [0.05, 0.1) is 33.2 Å². The Bertz CT molecular complexity index is 3340. The van der Waals surface area contributed by atoms with E-state index in [2.05, 4.69) is 34.9 Å². The average molecular weight is 788 g/mol. The molecular formula is C49H25F4N7. The summed E-state index contributed by atoms with van der Waals surface area (Å²) in [7, 11) is 0. The van der Waals surface area contributed by atoms with Crippen LogP contribution in [0.15, 0.2) is 152 Å². The van der Waals surface area contributed by atoms with Crippen LogP contribution in [-0.4, -0.2) is 34.9 Å². The van der Waals surface area contributed by atoms with Crippen molar-refractivity contribution in [3.63, 3.8) is 0 Å². The maximum Gasteiger partial charge on any atom is 0.164 e. The smallest absolute Gasteiger partial charge is 0.164 e. The molecule has 0 atom stereocenters. The largest absolute Gasteiger partial charge is 0.254 e. The molecular weight excluding hydrogens is 763 g/mol. The maximum atomic E-state index is 16.4. The van der Waals surface area contributed by atoms with E-state index in [4.69, 9.17) is 0 Å². The normalized spacial score (nSPS) is 11.7. The third-order valence-electron chi connectivity index (χ3n) is 10.7. The summed E-state index contributed by atoms with van der Waals surface area (Å²) in [4.78, 5) is 31.8. The Morgan fingerprint density at radius 3 is 1.23 bits per heavy atom. The number of hydrogen-bond donors (Lipinski definition) is 0. The van der Waals surface area contributed by atoms with Crippen molar-refractivity contribution in [3.05, 3.63) is 175 Å². The van der Waals surface area contributed by atoms with Crippen LogP contribution in [0.25, 0.3) is 111 Å². The van der Waals surface area contributed by atoms with Gasteiger partial charge in [-0.2, -0.15) is 0 Å². The van der Waals surface area contributed by atoms with Crippen LogP contribution in [0.1, 0.15) is 0 Å². The van der Waals surface area contributed by atoms with Crippen molar-refractivity contribution < 1.29 is 17.6 Å². The lowest BCUT2D eigenvalue weighted by Gasteiger charge is -2.14. The topological polar surface area (TPSA) is 90.2 Å². The first-order chi connectivity index (χ1) is 29.4. The van der Waals surface area contributed by atoms with E-state index in [1.54, 1.807) is 54.9 Å². The van der Waals surface area contributed by atoms with E-state index in [1.165, 1.54) is 12.4 Å². The lowest BCUT2D eigenvalue weighted by Crippen LogP contribution is -2.03.